The Kier molecular flexibility index (Phi) is 5.61. The molecule has 0 aromatic heterocycles. The van der Waals surface area contributed by atoms with Crippen molar-refractivity contribution in [2.75, 3.05) is 13.2 Å². The van der Waals surface area contributed by atoms with Crippen molar-refractivity contribution >= 4 is 10.0 Å². The predicted octanol–water partition coefficient (Wildman–Crippen LogP) is 2.05. The molecule has 0 heterocycles. The van der Waals surface area contributed by atoms with E-state index in [0.717, 1.165) is 6.42 Å². The smallest absolute Gasteiger partial charge is 0.240 e. The number of hydrogen-bond donors (Lipinski definition) is 2. The van der Waals surface area contributed by atoms with Gasteiger partial charge in [0.25, 0.3) is 0 Å². The largest absolute Gasteiger partial charge is 0.494 e. The number of benzene rings is 1. The minimum absolute atomic E-state index is 0.170. The summed E-state index contributed by atoms with van der Waals surface area (Å²) in [5.41, 5.74) is 0.485. The van der Waals surface area contributed by atoms with Gasteiger partial charge in [0, 0.05) is 12.1 Å². The van der Waals surface area contributed by atoms with Crippen LogP contribution in [0.15, 0.2) is 23.1 Å². The van der Waals surface area contributed by atoms with E-state index >= 15 is 0 Å². The van der Waals surface area contributed by atoms with Crippen LogP contribution in [0, 0.1) is 5.92 Å². The van der Waals surface area contributed by atoms with Crippen molar-refractivity contribution in [3.8, 4) is 5.75 Å². The maximum atomic E-state index is 12.2. The van der Waals surface area contributed by atoms with Crippen LogP contribution in [0.2, 0.25) is 0 Å². The lowest BCUT2D eigenvalue weighted by Gasteiger charge is -2.25. The van der Waals surface area contributed by atoms with Gasteiger partial charge in [0.2, 0.25) is 10.0 Å². The molecule has 1 aliphatic rings. The Balaban J connectivity index is 2.04. The zero-order valence-electron chi connectivity index (χ0n) is 12.3. The summed E-state index contributed by atoms with van der Waals surface area (Å²) in [5.74, 6) is 1.19. The third kappa shape index (κ3) is 4.18. The quantitative estimate of drug-likeness (QED) is 0.770. The number of nitrogens with one attached hydrogen (secondary N) is 1. The normalized spacial score (nSPS) is 15.7. The maximum Gasteiger partial charge on any atom is 0.240 e. The summed E-state index contributed by atoms with van der Waals surface area (Å²) in [5, 5.41) is 9.33. The lowest BCUT2D eigenvalue weighted by atomic mass is 9.83. The molecule has 0 atom stereocenters. The second kappa shape index (κ2) is 7.24. The van der Waals surface area contributed by atoms with Crippen LogP contribution < -0.4 is 9.46 Å². The van der Waals surface area contributed by atoms with Crippen LogP contribution in [-0.4, -0.2) is 26.7 Å². The molecule has 2 N–H and O–H groups in total. The molecular weight excluding hydrogens is 290 g/mol. The summed E-state index contributed by atoms with van der Waals surface area (Å²) in [6.07, 6.45) is 4.57. The first-order valence-corrected chi connectivity index (χ1v) is 8.91. The van der Waals surface area contributed by atoms with Crippen molar-refractivity contribution in [1.82, 2.24) is 4.72 Å². The van der Waals surface area contributed by atoms with Gasteiger partial charge in [-0.15, -0.1) is 0 Å². The Morgan fingerprint density at radius 3 is 2.71 bits per heavy atom. The van der Waals surface area contributed by atoms with E-state index in [1.165, 1.54) is 31.4 Å². The summed E-state index contributed by atoms with van der Waals surface area (Å²) >= 11 is 0. The standard InChI is InChI=1S/C15H23NO4S/c1-2-20-15-7-6-14(10-13(15)11-17)21(18,19)16-9-8-12-4-3-5-12/h6-7,10,12,16-17H,2-5,8-9,11H2,1H3. The molecule has 0 aliphatic heterocycles. The summed E-state index contributed by atoms with van der Waals surface area (Å²) in [4.78, 5) is 0.170. The molecule has 0 unspecified atom stereocenters. The molecule has 1 aromatic rings. The van der Waals surface area contributed by atoms with E-state index < -0.39 is 10.0 Å². The van der Waals surface area contributed by atoms with Crippen LogP contribution in [0.3, 0.4) is 0 Å². The molecule has 1 saturated carbocycles. The highest BCUT2D eigenvalue weighted by Crippen LogP contribution is 2.29. The van der Waals surface area contributed by atoms with Crippen LogP contribution in [0.5, 0.6) is 5.75 Å². The van der Waals surface area contributed by atoms with E-state index in [1.54, 1.807) is 6.07 Å². The summed E-state index contributed by atoms with van der Waals surface area (Å²) < 4.78 is 32.4. The summed E-state index contributed by atoms with van der Waals surface area (Å²) in [6.45, 7) is 2.53. The lowest BCUT2D eigenvalue weighted by molar-refractivity contribution is 0.266. The molecular formula is C15H23NO4S. The van der Waals surface area contributed by atoms with Crippen LogP contribution in [-0.2, 0) is 16.6 Å². The van der Waals surface area contributed by atoms with Gasteiger partial charge < -0.3 is 9.84 Å². The SMILES string of the molecule is CCOc1ccc(S(=O)(=O)NCCC2CCC2)cc1CO. The number of aliphatic hydroxyl groups excluding tert-OH is 1. The fraction of sp³-hybridized carbons (Fsp3) is 0.600. The summed E-state index contributed by atoms with van der Waals surface area (Å²) in [6, 6.07) is 4.57. The van der Waals surface area contributed by atoms with Crippen molar-refractivity contribution < 1.29 is 18.3 Å². The predicted molar refractivity (Wildman–Crippen MR) is 80.7 cm³/mol. The van der Waals surface area contributed by atoms with Gasteiger partial charge in [0.15, 0.2) is 0 Å². The van der Waals surface area contributed by atoms with Crippen LogP contribution in [0.25, 0.3) is 0 Å². The molecule has 1 fully saturated rings. The molecule has 6 heteroatoms. The van der Waals surface area contributed by atoms with E-state index in [1.807, 2.05) is 6.92 Å². The minimum Gasteiger partial charge on any atom is -0.494 e. The fourth-order valence-corrected chi connectivity index (χ4v) is 3.50. The molecule has 1 aromatic carbocycles. The van der Waals surface area contributed by atoms with Crippen LogP contribution in [0.4, 0.5) is 0 Å². The van der Waals surface area contributed by atoms with E-state index in [2.05, 4.69) is 4.72 Å². The molecule has 21 heavy (non-hydrogen) atoms. The molecule has 5 nitrogen and oxygen atoms in total. The van der Waals surface area contributed by atoms with Gasteiger partial charge in [-0.3, -0.25) is 0 Å². The van der Waals surface area contributed by atoms with E-state index in [0.29, 0.717) is 30.4 Å². The highest BCUT2D eigenvalue weighted by atomic mass is 32.2. The molecule has 2 rings (SSSR count). The Morgan fingerprint density at radius 2 is 2.14 bits per heavy atom. The molecule has 0 saturated heterocycles. The van der Waals surface area contributed by atoms with Crippen LogP contribution in [0.1, 0.15) is 38.2 Å². The molecule has 0 bridgehead atoms. The number of rotatable bonds is 8. The first-order chi connectivity index (χ1) is 10.1. The number of sulfonamides is 1. The maximum absolute atomic E-state index is 12.2. The van der Waals surface area contributed by atoms with Crippen molar-refractivity contribution in [3.05, 3.63) is 23.8 Å². The highest BCUT2D eigenvalue weighted by Gasteiger charge is 2.20. The number of ether oxygens (including phenoxy) is 1. The first kappa shape index (κ1) is 16.3. The van der Waals surface area contributed by atoms with Gasteiger partial charge in [0.05, 0.1) is 18.1 Å². The van der Waals surface area contributed by atoms with E-state index in [-0.39, 0.29) is 11.5 Å². The second-order valence-electron chi connectivity index (χ2n) is 5.34. The Hall–Kier alpha value is -1.11. The third-order valence-electron chi connectivity index (χ3n) is 3.88. The lowest BCUT2D eigenvalue weighted by Crippen LogP contribution is -2.27. The molecule has 118 valence electrons. The fourth-order valence-electron chi connectivity index (χ4n) is 2.41. The Morgan fingerprint density at radius 1 is 1.38 bits per heavy atom. The minimum atomic E-state index is -3.52. The average Bonchev–Trinajstić information content (AvgIpc) is 2.42. The van der Waals surface area contributed by atoms with Gasteiger partial charge in [-0.25, -0.2) is 13.1 Å². The van der Waals surface area contributed by atoms with Crippen molar-refractivity contribution in [2.24, 2.45) is 5.92 Å². The van der Waals surface area contributed by atoms with Gasteiger partial charge >= 0.3 is 0 Å². The van der Waals surface area contributed by atoms with Crippen LogP contribution >= 0.6 is 0 Å². The Bertz CT molecular complexity index is 567. The monoisotopic (exact) mass is 313 g/mol. The number of aliphatic hydroxyl groups is 1. The van der Waals surface area contributed by atoms with E-state index in [4.69, 9.17) is 4.74 Å². The van der Waals surface area contributed by atoms with Crippen molar-refractivity contribution in [3.63, 3.8) is 0 Å². The molecule has 0 amide bonds. The Labute approximate surface area is 126 Å². The van der Waals surface area contributed by atoms with Crippen molar-refractivity contribution in [2.45, 2.75) is 44.1 Å². The van der Waals surface area contributed by atoms with E-state index in [9.17, 15) is 13.5 Å². The topological polar surface area (TPSA) is 75.6 Å². The highest BCUT2D eigenvalue weighted by molar-refractivity contribution is 7.89. The third-order valence-corrected chi connectivity index (χ3v) is 5.34. The molecule has 0 spiro atoms. The zero-order chi connectivity index (χ0) is 15.3. The van der Waals surface area contributed by atoms with Gasteiger partial charge in [-0.05, 0) is 37.5 Å². The van der Waals surface area contributed by atoms with Gasteiger partial charge in [-0.1, -0.05) is 19.3 Å². The van der Waals surface area contributed by atoms with Gasteiger partial charge in [-0.2, -0.15) is 0 Å². The average molecular weight is 313 g/mol. The van der Waals surface area contributed by atoms with Crippen molar-refractivity contribution in [1.29, 1.82) is 0 Å². The number of hydrogen-bond acceptors (Lipinski definition) is 4. The molecule has 1 aliphatic carbocycles. The molecule has 0 radical (unpaired) electrons. The second-order valence-corrected chi connectivity index (χ2v) is 7.11. The zero-order valence-corrected chi connectivity index (χ0v) is 13.2. The van der Waals surface area contributed by atoms with Gasteiger partial charge in [0.1, 0.15) is 5.75 Å². The first-order valence-electron chi connectivity index (χ1n) is 7.43. The summed E-state index contributed by atoms with van der Waals surface area (Å²) in [7, 11) is -3.52.